The van der Waals surface area contributed by atoms with Crippen molar-refractivity contribution in [2.75, 3.05) is 0 Å². The molecule has 0 aliphatic rings. The first kappa shape index (κ1) is 11.5. The quantitative estimate of drug-likeness (QED) is 0.772. The number of aromatic nitrogens is 4. The van der Waals surface area contributed by atoms with Gasteiger partial charge in [-0.25, -0.2) is 0 Å². The Bertz CT molecular complexity index is 702. The van der Waals surface area contributed by atoms with Crippen LogP contribution in [0.1, 0.15) is 11.5 Å². The van der Waals surface area contributed by atoms with E-state index in [4.69, 9.17) is 4.52 Å². The lowest BCUT2D eigenvalue weighted by atomic mass is 10.1. The zero-order chi connectivity index (χ0) is 13.2. The third-order valence-electron chi connectivity index (χ3n) is 2.76. The molecule has 3 aromatic rings. The van der Waals surface area contributed by atoms with Gasteiger partial charge in [-0.2, -0.15) is 10.1 Å². The largest absolute Gasteiger partial charge is 0.508 e. The molecule has 19 heavy (non-hydrogen) atoms. The van der Waals surface area contributed by atoms with Crippen LogP contribution in [0.5, 0.6) is 5.75 Å². The minimum Gasteiger partial charge on any atom is -0.508 e. The Labute approximate surface area is 109 Å². The minimum atomic E-state index is 0.226. The zero-order valence-electron chi connectivity index (χ0n) is 10.3. The van der Waals surface area contributed by atoms with Crippen LogP contribution in [-0.4, -0.2) is 25.0 Å². The highest BCUT2D eigenvalue weighted by molar-refractivity contribution is 5.51. The van der Waals surface area contributed by atoms with E-state index in [2.05, 4.69) is 15.2 Å². The molecule has 0 amide bonds. The molecular weight excluding hydrogens is 244 g/mol. The molecule has 1 N–H and O–H groups in total. The van der Waals surface area contributed by atoms with Gasteiger partial charge in [-0.15, -0.1) is 0 Å². The highest BCUT2D eigenvalue weighted by Crippen LogP contribution is 2.20. The van der Waals surface area contributed by atoms with Crippen LogP contribution in [0.25, 0.3) is 11.4 Å². The fourth-order valence-electron chi connectivity index (χ4n) is 1.80. The second kappa shape index (κ2) is 4.56. The second-order valence-electron chi connectivity index (χ2n) is 4.22. The van der Waals surface area contributed by atoms with Crippen molar-refractivity contribution in [2.45, 2.75) is 6.42 Å². The van der Waals surface area contributed by atoms with Gasteiger partial charge in [-0.05, 0) is 6.07 Å². The van der Waals surface area contributed by atoms with Crippen LogP contribution in [-0.2, 0) is 13.5 Å². The molecule has 0 bridgehead atoms. The van der Waals surface area contributed by atoms with Crippen molar-refractivity contribution in [2.24, 2.45) is 7.05 Å². The average molecular weight is 256 g/mol. The number of benzene rings is 1. The lowest BCUT2D eigenvalue weighted by Crippen LogP contribution is -1.89. The van der Waals surface area contributed by atoms with Crippen LogP contribution >= 0.6 is 0 Å². The third-order valence-corrected chi connectivity index (χ3v) is 2.76. The molecule has 1 aromatic carbocycles. The molecule has 0 unspecified atom stereocenters. The van der Waals surface area contributed by atoms with Crippen molar-refractivity contribution in [1.82, 2.24) is 19.9 Å². The highest BCUT2D eigenvalue weighted by atomic mass is 16.5. The fourth-order valence-corrected chi connectivity index (χ4v) is 1.80. The maximum absolute atomic E-state index is 9.70. The maximum Gasteiger partial charge on any atom is 0.231 e. The van der Waals surface area contributed by atoms with Gasteiger partial charge in [-0.3, -0.25) is 4.68 Å². The van der Waals surface area contributed by atoms with Gasteiger partial charge in [0.15, 0.2) is 0 Å². The van der Waals surface area contributed by atoms with Crippen LogP contribution < -0.4 is 0 Å². The van der Waals surface area contributed by atoms with E-state index >= 15 is 0 Å². The molecule has 0 atom stereocenters. The van der Waals surface area contributed by atoms with E-state index in [9.17, 15) is 5.11 Å². The van der Waals surface area contributed by atoms with E-state index in [1.165, 1.54) is 0 Å². The summed E-state index contributed by atoms with van der Waals surface area (Å²) in [4.78, 5) is 4.29. The summed E-state index contributed by atoms with van der Waals surface area (Å²) in [7, 11) is 1.83. The number of nitrogens with zero attached hydrogens (tertiary/aromatic N) is 4. The van der Waals surface area contributed by atoms with Crippen LogP contribution in [0.4, 0.5) is 0 Å². The molecule has 0 spiro atoms. The number of hydrogen-bond donors (Lipinski definition) is 1. The first-order valence-corrected chi connectivity index (χ1v) is 5.81. The molecule has 2 heterocycles. The number of hydrogen-bond acceptors (Lipinski definition) is 5. The van der Waals surface area contributed by atoms with Gasteiger partial charge in [0.05, 0.1) is 18.2 Å². The van der Waals surface area contributed by atoms with Crippen molar-refractivity contribution < 1.29 is 9.63 Å². The molecule has 2 aromatic heterocycles. The Hall–Kier alpha value is -2.63. The number of phenolic OH excluding ortho intramolecular Hbond substituents is 1. The van der Waals surface area contributed by atoms with E-state index in [0.717, 1.165) is 11.1 Å². The summed E-state index contributed by atoms with van der Waals surface area (Å²) in [6.07, 6.45) is 3.89. The predicted molar refractivity (Wildman–Crippen MR) is 67.4 cm³/mol. The molecular formula is C13H12N4O2. The number of para-hydroxylation sites is 1. The SMILES string of the molecule is Cn1cc(-c2noc(Cc3ccccc3O)n2)cn1. The molecule has 6 heteroatoms. The molecule has 0 fully saturated rings. The smallest absolute Gasteiger partial charge is 0.231 e. The van der Waals surface area contributed by atoms with Crippen molar-refractivity contribution in [3.05, 3.63) is 48.1 Å². The normalized spacial score (nSPS) is 10.8. The maximum atomic E-state index is 9.70. The van der Waals surface area contributed by atoms with Crippen molar-refractivity contribution in [3.8, 4) is 17.1 Å². The zero-order valence-corrected chi connectivity index (χ0v) is 10.3. The highest BCUT2D eigenvalue weighted by Gasteiger charge is 2.12. The van der Waals surface area contributed by atoms with Gasteiger partial charge >= 0.3 is 0 Å². The van der Waals surface area contributed by atoms with E-state index in [0.29, 0.717) is 18.1 Å². The summed E-state index contributed by atoms with van der Waals surface area (Å²) in [6, 6.07) is 7.08. The number of aromatic hydroxyl groups is 1. The van der Waals surface area contributed by atoms with Gasteiger partial charge in [0.1, 0.15) is 5.75 Å². The fraction of sp³-hybridized carbons (Fsp3) is 0.154. The van der Waals surface area contributed by atoms with Gasteiger partial charge < -0.3 is 9.63 Å². The summed E-state index contributed by atoms with van der Waals surface area (Å²) in [5.74, 6) is 1.18. The summed E-state index contributed by atoms with van der Waals surface area (Å²) < 4.78 is 6.85. The summed E-state index contributed by atoms with van der Waals surface area (Å²) in [5.41, 5.74) is 1.55. The molecule has 0 aliphatic heterocycles. The van der Waals surface area contributed by atoms with E-state index < -0.39 is 0 Å². The molecule has 3 rings (SSSR count). The number of phenols is 1. The second-order valence-corrected chi connectivity index (χ2v) is 4.22. The minimum absolute atomic E-state index is 0.226. The van der Waals surface area contributed by atoms with Crippen LogP contribution in [0.2, 0.25) is 0 Å². The van der Waals surface area contributed by atoms with E-state index in [-0.39, 0.29) is 5.75 Å². The van der Waals surface area contributed by atoms with Gasteiger partial charge in [0.25, 0.3) is 0 Å². The molecule has 0 saturated heterocycles. The Morgan fingerprint density at radius 2 is 2.16 bits per heavy atom. The molecule has 96 valence electrons. The average Bonchev–Trinajstić information content (AvgIpc) is 3.01. The van der Waals surface area contributed by atoms with E-state index in [1.54, 1.807) is 23.0 Å². The molecule has 0 saturated carbocycles. The molecule has 0 aliphatic carbocycles. The van der Waals surface area contributed by atoms with Gasteiger partial charge in [0, 0.05) is 18.8 Å². The topological polar surface area (TPSA) is 77.0 Å². The summed E-state index contributed by atoms with van der Waals surface area (Å²) in [6.45, 7) is 0. The lowest BCUT2D eigenvalue weighted by molar-refractivity contribution is 0.383. The van der Waals surface area contributed by atoms with Gasteiger partial charge in [-0.1, -0.05) is 23.4 Å². The Morgan fingerprint density at radius 1 is 1.32 bits per heavy atom. The Morgan fingerprint density at radius 3 is 2.89 bits per heavy atom. The molecule has 6 nitrogen and oxygen atoms in total. The summed E-state index contributed by atoms with van der Waals surface area (Å²) >= 11 is 0. The van der Waals surface area contributed by atoms with Crippen LogP contribution in [0, 0.1) is 0 Å². The standard InChI is InChI=1S/C13H12N4O2/c1-17-8-10(7-14-17)13-15-12(19-16-13)6-9-4-2-3-5-11(9)18/h2-5,7-8,18H,6H2,1H3. The number of rotatable bonds is 3. The predicted octanol–water partition coefficient (Wildman–Crippen LogP) is 1.77. The lowest BCUT2D eigenvalue weighted by Gasteiger charge is -1.99. The number of aryl methyl sites for hydroxylation is 1. The van der Waals surface area contributed by atoms with Gasteiger partial charge in [0.2, 0.25) is 11.7 Å². The third kappa shape index (κ3) is 2.33. The van der Waals surface area contributed by atoms with Crippen molar-refractivity contribution in [3.63, 3.8) is 0 Å². The van der Waals surface area contributed by atoms with Crippen LogP contribution in [0.15, 0.2) is 41.2 Å². The monoisotopic (exact) mass is 256 g/mol. The van der Waals surface area contributed by atoms with Crippen molar-refractivity contribution in [1.29, 1.82) is 0 Å². The first-order valence-electron chi connectivity index (χ1n) is 5.81. The first-order chi connectivity index (χ1) is 9.22. The Kier molecular flexibility index (Phi) is 2.75. The molecule has 0 radical (unpaired) electrons. The van der Waals surface area contributed by atoms with Crippen molar-refractivity contribution >= 4 is 0 Å². The summed E-state index contributed by atoms with van der Waals surface area (Å²) in [5, 5.41) is 17.7. The van der Waals surface area contributed by atoms with Crippen LogP contribution in [0.3, 0.4) is 0 Å². The Balaban J connectivity index is 1.84. The van der Waals surface area contributed by atoms with E-state index in [1.807, 2.05) is 25.4 Å².